The van der Waals surface area contributed by atoms with Crippen molar-refractivity contribution >= 4 is 17.4 Å². The van der Waals surface area contributed by atoms with Crippen LogP contribution >= 0.6 is 11.6 Å². The Morgan fingerprint density at radius 2 is 1.97 bits per heavy atom. The highest BCUT2D eigenvalue weighted by atomic mass is 35.5. The molecular weight excluding hydrogens is 452 g/mol. The molecule has 7 nitrogen and oxygen atoms in total. The normalized spacial score (nSPS) is 14.9. The fourth-order valence-corrected chi connectivity index (χ4v) is 4.07. The molecule has 1 aliphatic heterocycles. The first kappa shape index (κ1) is 23.4. The largest absolute Gasteiger partial charge is 0.494 e. The summed E-state index contributed by atoms with van der Waals surface area (Å²) in [6.45, 7) is 6.01. The lowest BCUT2D eigenvalue weighted by Gasteiger charge is -2.40. The molecule has 1 aliphatic rings. The van der Waals surface area contributed by atoms with Crippen molar-refractivity contribution in [3.8, 4) is 28.4 Å². The second-order valence-corrected chi connectivity index (χ2v) is 8.61. The van der Waals surface area contributed by atoms with Gasteiger partial charge < -0.3 is 19.5 Å². The summed E-state index contributed by atoms with van der Waals surface area (Å²) in [5.74, 6) is -0.748. The molecule has 0 saturated carbocycles. The SMILES string of the molecule is CNCCCOc1ccc(Cl)c(-c2nc(-c3c(C)noc3C)c(C)c(N3CC(F)(F)C3)n2)c1. The molecule has 3 heterocycles. The number of alkyl halides is 2. The molecular formula is C23H26ClF2N5O2. The molecule has 0 unspecified atom stereocenters. The summed E-state index contributed by atoms with van der Waals surface area (Å²) >= 11 is 6.51. The van der Waals surface area contributed by atoms with Crippen LogP contribution in [0.5, 0.6) is 5.75 Å². The fourth-order valence-electron chi connectivity index (χ4n) is 3.86. The third kappa shape index (κ3) is 4.79. The minimum absolute atomic E-state index is 0.325. The Labute approximate surface area is 196 Å². The lowest BCUT2D eigenvalue weighted by atomic mass is 10.0. The van der Waals surface area contributed by atoms with Crippen molar-refractivity contribution in [3.05, 3.63) is 40.2 Å². The summed E-state index contributed by atoms with van der Waals surface area (Å²) in [5, 5.41) is 7.54. The van der Waals surface area contributed by atoms with Crippen LogP contribution in [0.4, 0.5) is 14.6 Å². The topological polar surface area (TPSA) is 76.3 Å². The molecule has 3 aromatic rings. The van der Waals surface area contributed by atoms with E-state index in [9.17, 15) is 8.78 Å². The number of nitrogens with one attached hydrogen (secondary N) is 1. The maximum absolute atomic E-state index is 13.7. The van der Waals surface area contributed by atoms with E-state index in [2.05, 4.69) is 15.5 Å². The number of hydrogen-bond donors (Lipinski definition) is 1. The van der Waals surface area contributed by atoms with Gasteiger partial charge in [-0.05, 0) is 59.0 Å². The summed E-state index contributed by atoms with van der Waals surface area (Å²) in [5.41, 5.74) is 3.20. The van der Waals surface area contributed by atoms with E-state index in [1.165, 1.54) is 0 Å². The molecule has 4 rings (SSSR count). The Balaban J connectivity index is 1.79. The first-order chi connectivity index (χ1) is 15.7. The summed E-state index contributed by atoms with van der Waals surface area (Å²) < 4.78 is 38.5. The molecule has 176 valence electrons. The highest BCUT2D eigenvalue weighted by molar-refractivity contribution is 6.33. The number of anilines is 1. The van der Waals surface area contributed by atoms with Gasteiger partial charge >= 0.3 is 0 Å². The third-order valence-corrected chi connectivity index (χ3v) is 5.88. The van der Waals surface area contributed by atoms with Gasteiger partial charge in [0.2, 0.25) is 0 Å². The molecule has 0 spiro atoms. The van der Waals surface area contributed by atoms with Gasteiger partial charge in [-0.3, -0.25) is 0 Å². The van der Waals surface area contributed by atoms with E-state index in [0.717, 1.165) is 18.5 Å². The van der Waals surface area contributed by atoms with Crippen LogP contribution in [-0.2, 0) is 0 Å². The van der Waals surface area contributed by atoms with Crippen molar-refractivity contribution in [2.45, 2.75) is 33.1 Å². The van der Waals surface area contributed by atoms with Gasteiger partial charge in [0.05, 0.1) is 41.7 Å². The van der Waals surface area contributed by atoms with Crippen LogP contribution < -0.4 is 15.0 Å². The molecule has 10 heteroatoms. The molecule has 0 radical (unpaired) electrons. The van der Waals surface area contributed by atoms with Crippen molar-refractivity contribution < 1.29 is 18.0 Å². The van der Waals surface area contributed by atoms with E-state index in [1.807, 2.05) is 20.9 Å². The molecule has 1 N–H and O–H groups in total. The fraction of sp³-hybridized carbons (Fsp3) is 0.435. The quantitative estimate of drug-likeness (QED) is 0.466. The summed E-state index contributed by atoms with van der Waals surface area (Å²) in [6.07, 6.45) is 0.846. The molecule has 0 bridgehead atoms. The molecule has 2 aromatic heterocycles. The number of hydrogen-bond acceptors (Lipinski definition) is 7. The zero-order valence-corrected chi connectivity index (χ0v) is 19.8. The molecule has 0 aliphatic carbocycles. The van der Waals surface area contributed by atoms with E-state index in [-0.39, 0.29) is 0 Å². The van der Waals surface area contributed by atoms with Crippen molar-refractivity contribution in [3.63, 3.8) is 0 Å². The number of ether oxygens (including phenoxy) is 1. The highest BCUT2D eigenvalue weighted by Crippen LogP contribution is 2.40. The van der Waals surface area contributed by atoms with Crippen LogP contribution in [0.1, 0.15) is 23.4 Å². The van der Waals surface area contributed by atoms with Crippen molar-refractivity contribution in [1.29, 1.82) is 0 Å². The number of halogens is 3. The molecule has 0 atom stereocenters. The zero-order valence-electron chi connectivity index (χ0n) is 19.0. The average Bonchev–Trinajstić information content (AvgIpc) is 3.09. The summed E-state index contributed by atoms with van der Waals surface area (Å²) in [7, 11) is 1.89. The number of aromatic nitrogens is 3. The van der Waals surface area contributed by atoms with Crippen LogP contribution in [0.3, 0.4) is 0 Å². The van der Waals surface area contributed by atoms with Crippen LogP contribution in [0.15, 0.2) is 22.7 Å². The lowest BCUT2D eigenvalue weighted by Crippen LogP contribution is -2.57. The van der Waals surface area contributed by atoms with Crippen molar-refractivity contribution in [1.82, 2.24) is 20.4 Å². The Kier molecular flexibility index (Phi) is 6.54. The second kappa shape index (κ2) is 9.23. The minimum Gasteiger partial charge on any atom is -0.494 e. The number of benzene rings is 1. The van der Waals surface area contributed by atoms with Crippen LogP contribution in [0.25, 0.3) is 22.6 Å². The Bertz CT molecular complexity index is 1140. The van der Waals surface area contributed by atoms with Gasteiger partial charge in [-0.25, -0.2) is 18.7 Å². The van der Waals surface area contributed by atoms with Gasteiger partial charge in [-0.15, -0.1) is 0 Å². The van der Waals surface area contributed by atoms with Crippen LogP contribution in [0, 0.1) is 20.8 Å². The summed E-state index contributed by atoms with van der Waals surface area (Å²) in [6, 6.07) is 5.28. The number of nitrogens with zero attached hydrogens (tertiary/aromatic N) is 4. The molecule has 1 fully saturated rings. The number of rotatable bonds is 8. The molecule has 1 aromatic carbocycles. The monoisotopic (exact) mass is 477 g/mol. The first-order valence-electron chi connectivity index (χ1n) is 10.7. The van der Waals surface area contributed by atoms with Crippen LogP contribution in [0.2, 0.25) is 5.02 Å². The Morgan fingerprint density at radius 1 is 1.21 bits per heavy atom. The van der Waals surface area contributed by atoms with Gasteiger partial charge in [0.15, 0.2) is 5.82 Å². The van der Waals surface area contributed by atoms with E-state index in [1.54, 1.807) is 30.0 Å². The number of aryl methyl sites for hydroxylation is 2. The van der Waals surface area contributed by atoms with Gasteiger partial charge in [-0.2, -0.15) is 0 Å². The van der Waals surface area contributed by atoms with Gasteiger partial charge in [0, 0.05) is 11.1 Å². The van der Waals surface area contributed by atoms with Crippen molar-refractivity contribution in [2.75, 3.05) is 38.2 Å². The smallest absolute Gasteiger partial charge is 0.282 e. The lowest BCUT2D eigenvalue weighted by molar-refractivity contribution is -0.0267. The van der Waals surface area contributed by atoms with E-state index in [0.29, 0.717) is 57.3 Å². The van der Waals surface area contributed by atoms with Crippen LogP contribution in [-0.4, -0.2) is 54.3 Å². The van der Waals surface area contributed by atoms with Crippen molar-refractivity contribution in [2.24, 2.45) is 0 Å². The summed E-state index contributed by atoms with van der Waals surface area (Å²) in [4.78, 5) is 11.0. The predicted octanol–water partition coefficient (Wildman–Crippen LogP) is 4.82. The molecule has 0 amide bonds. The second-order valence-electron chi connectivity index (χ2n) is 8.20. The maximum atomic E-state index is 13.7. The molecule has 33 heavy (non-hydrogen) atoms. The predicted molar refractivity (Wildman–Crippen MR) is 123 cm³/mol. The standard InChI is InChI=1S/C23H26ClF2N5O2/c1-13-20(19-14(2)30-33-15(19)3)28-21(29-22(13)31-11-23(25,26)12-31)17-10-16(6-7-18(17)24)32-9-5-8-27-4/h6-7,10,27H,5,8-9,11-12H2,1-4H3. The highest BCUT2D eigenvalue weighted by Gasteiger charge is 2.45. The van der Waals surface area contributed by atoms with Gasteiger partial charge in [0.1, 0.15) is 17.3 Å². The van der Waals surface area contributed by atoms with Gasteiger partial charge in [0.25, 0.3) is 5.92 Å². The minimum atomic E-state index is -2.74. The van der Waals surface area contributed by atoms with E-state index in [4.69, 9.17) is 25.8 Å². The van der Waals surface area contributed by atoms with E-state index < -0.39 is 19.0 Å². The average molecular weight is 478 g/mol. The Morgan fingerprint density at radius 3 is 2.61 bits per heavy atom. The third-order valence-electron chi connectivity index (χ3n) is 5.55. The van der Waals surface area contributed by atoms with Gasteiger partial charge in [-0.1, -0.05) is 16.8 Å². The maximum Gasteiger partial charge on any atom is 0.282 e. The first-order valence-corrected chi connectivity index (χ1v) is 11.1. The zero-order chi connectivity index (χ0) is 23.8. The Hall–Kier alpha value is -2.78. The molecule has 1 saturated heterocycles. The van der Waals surface area contributed by atoms with E-state index >= 15 is 0 Å².